The summed E-state index contributed by atoms with van der Waals surface area (Å²) >= 11 is 0. The molecule has 0 N–H and O–H groups in total. The average Bonchev–Trinajstić information content (AvgIpc) is 2.56. The monoisotopic (exact) mass is 271 g/mol. The molecule has 1 aromatic heterocycles. The summed E-state index contributed by atoms with van der Waals surface area (Å²) in [6, 6.07) is 10.1. The predicted octanol–water partition coefficient (Wildman–Crippen LogP) is 1.48. The molecule has 6 heteroatoms. The van der Waals surface area contributed by atoms with E-state index in [0.717, 1.165) is 24.6 Å². The lowest BCUT2D eigenvalue weighted by atomic mass is 10.3. The Kier molecular flexibility index (Phi) is 3.73. The highest BCUT2D eigenvalue weighted by Gasteiger charge is 2.16. The number of para-hydroxylation sites is 1. The van der Waals surface area contributed by atoms with Crippen LogP contribution >= 0.6 is 0 Å². The predicted molar refractivity (Wildman–Crippen MR) is 77.4 cm³/mol. The third-order valence-corrected chi connectivity index (χ3v) is 3.32. The zero-order valence-electron chi connectivity index (χ0n) is 11.4. The summed E-state index contributed by atoms with van der Waals surface area (Å²) in [6.45, 7) is 3.03. The molecule has 3 rings (SSSR count). The van der Waals surface area contributed by atoms with E-state index in [4.69, 9.17) is 4.74 Å². The van der Waals surface area contributed by atoms with E-state index in [-0.39, 0.29) is 0 Å². The molecule has 1 saturated heterocycles. The summed E-state index contributed by atoms with van der Waals surface area (Å²) in [5.41, 5.74) is 1.07. The van der Waals surface area contributed by atoms with Crippen molar-refractivity contribution in [1.29, 1.82) is 0 Å². The van der Waals surface area contributed by atoms with Gasteiger partial charge in [0.15, 0.2) is 5.82 Å². The first-order valence-electron chi connectivity index (χ1n) is 6.66. The summed E-state index contributed by atoms with van der Waals surface area (Å²) in [5.74, 6) is 1.45. The average molecular weight is 271 g/mol. The van der Waals surface area contributed by atoms with Crippen LogP contribution in [0.4, 0.5) is 17.5 Å². The van der Waals surface area contributed by atoms with Gasteiger partial charge in [0.25, 0.3) is 0 Å². The van der Waals surface area contributed by atoms with Crippen molar-refractivity contribution in [3.63, 3.8) is 0 Å². The Morgan fingerprint density at radius 1 is 1.15 bits per heavy atom. The van der Waals surface area contributed by atoms with E-state index >= 15 is 0 Å². The van der Waals surface area contributed by atoms with Crippen molar-refractivity contribution < 1.29 is 4.74 Å². The van der Waals surface area contributed by atoms with Gasteiger partial charge < -0.3 is 14.5 Å². The van der Waals surface area contributed by atoms with Crippen LogP contribution in [0, 0.1) is 0 Å². The number of aromatic nitrogens is 3. The number of rotatable bonds is 3. The van der Waals surface area contributed by atoms with Gasteiger partial charge in [0.2, 0.25) is 5.95 Å². The van der Waals surface area contributed by atoms with Crippen molar-refractivity contribution in [1.82, 2.24) is 15.2 Å². The van der Waals surface area contributed by atoms with E-state index in [9.17, 15) is 0 Å². The van der Waals surface area contributed by atoms with Gasteiger partial charge >= 0.3 is 0 Å². The van der Waals surface area contributed by atoms with Crippen LogP contribution in [0.5, 0.6) is 0 Å². The Hall–Kier alpha value is -2.21. The van der Waals surface area contributed by atoms with Crippen molar-refractivity contribution in [3.8, 4) is 0 Å². The number of nitrogens with zero attached hydrogens (tertiary/aromatic N) is 5. The summed E-state index contributed by atoms with van der Waals surface area (Å²) in [5, 5.41) is 8.19. The third-order valence-electron chi connectivity index (χ3n) is 3.32. The number of benzene rings is 1. The topological polar surface area (TPSA) is 54.4 Å². The summed E-state index contributed by atoms with van der Waals surface area (Å²) in [6.07, 6.45) is 1.68. The Morgan fingerprint density at radius 2 is 1.90 bits per heavy atom. The van der Waals surface area contributed by atoms with E-state index in [1.54, 1.807) is 6.20 Å². The molecular weight excluding hydrogens is 254 g/mol. The van der Waals surface area contributed by atoms with Gasteiger partial charge in [0, 0.05) is 25.8 Å². The number of anilines is 3. The van der Waals surface area contributed by atoms with Gasteiger partial charge in [-0.2, -0.15) is 10.1 Å². The first kappa shape index (κ1) is 12.8. The maximum atomic E-state index is 5.34. The molecule has 0 amide bonds. The minimum atomic E-state index is 0.661. The molecule has 20 heavy (non-hydrogen) atoms. The molecule has 0 atom stereocenters. The minimum absolute atomic E-state index is 0.661. The van der Waals surface area contributed by atoms with Gasteiger partial charge in [-0.1, -0.05) is 18.2 Å². The van der Waals surface area contributed by atoms with Crippen molar-refractivity contribution >= 4 is 17.5 Å². The fourth-order valence-corrected chi connectivity index (χ4v) is 2.13. The Morgan fingerprint density at radius 3 is 2.65 bits per heavy atom. The summed E-state index contributed by atoms with van der Waals surface area (Å²) in [7, 11) is 1.97. The van der Waals surface area contributed by atoms with Crippen molar-refractivity contribution in [2.24, 2.45) is 0 Å². The smallest absolute Gasteiger partial charge is 0.247 e. The molecule has 1 fully saturated rings. The standard InChI is InChI=1S/C14H17N5O/c1-18(12-5-3-2-4-6-12)13-11-15-17-14(16-13)19-7-9-20-10-8-19/h2-6,11H,7-10H2,1H3. The first-order chi connectivity index (χ1) is 9.84. The zero-order chi connectivity index (χ0) is 13.8. The normalized spacial score (nSPS) is 15.2. The van der Waals surface area contributed by atoms with Crippen molar-refractivity contribution in [2.45, 2.75) is 0 Å². The van der Waals surface area contributed by atoms with Gasteiger partial charge in [-0.3, -0.25) is 0 Å². The van der Waals surface area contributed by atoms with Gasteiger partial charge in [0.05, 0.1) is 19.4 Å². The lowest BCUT2D eigenvalue weighted by Crippen LogP contribution is -2.37. The lowest BCUT2D eigenvalue weighted by molar-refractivity contribution is 0.122. The molecule has 1 aromatic carbocycles. The van der Waals surface area contributed by atoms with E-state index in [1.807, 2.05) is 42.3 Å². The van der Waals surface area contributed by atoms with E-state index in [2.05, 4.69) is 20.1 Å². The molecule has 2 aromatic rings. The van der Waals surface area contributed by atoms with Crippen LogP contribution < -0.4 is 9.80 Å². The molecule has 1 aliphatic rings. The molecule has 1 aliphatic heterocycles. The summed E-state index contributed by atoms with van der Waals surface area (Å²) in [4.78, 5) is 8.69. The second kappa shape index (κ2) is 5.83. The molecule has 104 valence electrons. The molecule has 0 unspecified atom stereocenters. The fraction of sp³-hybridized carbons (Fsp3) is 0.357. The van der Waals surface area contributed by atoms with Crippen molar-refractivity contribution in [3.05, 3.63) is 36.5 Å². The second-order valence-electron chi connectivity index (χ2n) is 4.61. The molecule has 0 saturated carbocycles. The number of morpholine rings is 1. The Bertz CT molecular complexity index is 557. The van der Waals surface area contributed by atoms with Crippen molar-refractivity contribution in [2.75, 3.05) is 43.2 Å². The maximum Gasteiger partial charge on any atom is 0.247 e. The van der Waals surface area contributed by atoms with E-state index in [0.29, 0.717) is 19.2 Å². The molecule has 0 radical (unpaired) electrons. The Balaban J connectivity index is 1.83. The molecule has 6 nitrogen and oxygen atoms in total. The van der Waals surface area contributed by atoms with Crippen LogP contribution in [0.25, 0.3) is 0 Å². The van der Waals surface area contributed by atoms with Gasteiger partial charge in [-0.15, -0.1) is 5.10 Å². The van der Waals surface area contributed by atoms with Crippen LogP contribution in [-0.2, 0) is 4.74 Å². The van der Waals surface area contributed by atoms with Gasteiger partial charge in [-0.05, 0) is 12.1 Å². The molecule has 0 bridgehead atoms. The highest BCUT2D eigenvalue weighted by Crippen LogP contribution is 2.21. The second-order valence-corrected chi connectivity index (χ2v) is 4.61. The van der Waals surface area contributed by atoms with Crippen LogP contribution in [0.1, 0.15) is 0 Å². The van der Waals surface area contributed by atoms with Gasteiger partial charge in [-0.25, -0.2) is 0 Å². The van der Waals surface area contributed by atoms with E-state index in [1.165, 1.54) is 0 Å². The number of ether oxygens (including phenoxy) is 1. The molecular formula is C14H17N5O. The number of hydrogen-bond acceptors (Lipinski definition) is 6. The van der Waals surface area contributed by atoms with E-state index < -0.39 is 0 Å². The van der Waals surface area contributed by atoms with Crippen LogP contribution in [0.2, 0.25) is 0 Å². The van der Waals surface area contributed by atoms with Crippen LogP contribution in [0.3, 0.4) is 0 Å². The minimum Gasteiger partial charge on any atom is -0.378 e. The van der Waals surface area contributed by atoms with Crippen LogP contribution in [0.15, 0.2) is 36.5 Å². The quantitative estimate of drug-likeness (QED) is 0.842. The van der Waals surface area contributed by atoms with Crippen LogP contribution in [-0.4, -0.2) is 48.5 Å². The first-order valence-corrected chi connectivity index (χ1v) is 6.66. The SMILES string of the molecule is CN(c1ccccc1)c1cnnc(N2CCOCC2)n1. The molecule has 0 spiro atoms. The van der Waals surface area contributed by atoms with Gasteiger partial charge in [0.1, 0.15) is 0 Å². The molecule has 2 heterocycles. The largest absolute Gasteiger partial charge is 0.378 e. The highest BCUT2D eigenvalue weighted by atomic mass is 16.5. The zero-order valence-corrected chi connectivity index (χ0v) is 11.4. The highest BCUT2D eigenvalue weighted by molar-refractivity contribution is 5.58. The number of hydrogen-bond donors (Lipinski definition) is 0. The molecule has 0 aliphatic carbocycles. The summed E-state index contributed by atoms with van der Waals surface area (Å²) < 4.78 is 5.34. The lowest BCUT2D eigenvalue weighted by Gasteiger charge is -2.27. The third kappa shape index (κ3) is 2.70. The fourth-order valence-electron chi connectivity index (χ4n) is 2.13. The Labute approximate surface area is 118 Å². The maximum absolute atomic E-state index is 5.34.